The van der Waals surface area contributed by atoms with Crippen LogP contribution in [0.3, 0.4) is 0 Å². The van der Waals surface area contributed by atoms with Crippen molar-refractivity contribution in [2.24, 2.45) is 11.8 Å². The number of para-hydroxylation sites is 1. The molecule has 0 radical (unpaired) electrons. The highest BCUT2D eigenvalue weighted by Gasteiger charge is 2.55. The number of nitrogens with zero attached hydrogens (tertiary/aromatic N) is 2. The Kier molecular flexibility index (Phi) is 7.33. The maximum atomic E-state index is 13.9. The van der Waals surface area contributed by atoms with Gasteiger partial charge >= 0.3 is 0 Å². The van der Waals surface area contributed by atoms with Gasteiger partial charge in [-0.3, -0.25) is 19.3 Å². The summed E-state index contributed by atoms with van der Waals surface area (Å²) in [6.07, 6.45) is 7.93. The number of hydrogen-bond acceptors (Lipinski definition) is 5. The smallest absolute Gasteiger partial charge is 0.266 e. The maximum absolute atomic E-state index is 13.9. The zero-order valence-electron chi connectivity index (χ0n) is 30.2. The maximum Gasteiger partial charge on any atom is 0.266 e. The van der Waals surface area contributed by atoms with Gasteiger partial charge in [0.15, 0.2) is 0 Å². The second-order valence-corrected chi connectivity index (χ2v) is 15.0. The van der Waals surface area contributed by atoms with Crippen LogP contribution in [0.2, 0.25) is 0 Å². The van der Waals surface area contributed by atoms with Crippen molar-refractivity contribution in [3.05, 3.63) is 190 Å². The van der Waals surface area contributed by atoms with Gasteiger partial charge in [-0.15, -0.1) is 0 Å². The molecule has 10 rings (SSSR count). The third kappa shape index (κ3) is 5.32. The van der Waals surface area contributed by atoms with Crippen molar-refractivity contribution in [2.45, 2.75) is 32.1 Å². The molecule has 3 aliphatic carbocycles. The van der Waals surface area contributed by atoms with Gasteiger partial charge < -0.3 is 9.47 Å². The van der Waals surface area contributed by atoms with Crippen LogP contribution in [-0.4, -0.2) is 22.6 Å². The summed E-state index contributed by atoms with van der Waals surface area (Å²) in [6, 6.07) is 35.7. The molecular formula is C48H34N2O5. The lowest BCUT2D eigenvalue weighted by atomic mass is 9.78. The minimum Gasteiger partial charge on any atom is -0.457 e. The number of amides is 3. The highest BCUT2D eigenvalue weighted by molar-refractivity contribution is 6.34. The summed E-state index contributed by atoms with van der Waals surface area (Å²) in [5.74, 6) is 2.83. The molecule has 2 fully saturated rings. The molecule has 2 saturated carbocycles. The van der Waals surface area contributed by atoms with Gasteiger partial charge in [-0.25, -0.2) is 4.90 Å². The van der Waals surface area contributed by atoms with E-state index in [-0.39, 0.29) is 23.1 Å². The summed E-state index contributed by atoms with van der Waals surface area (Å²) in [6.45, 7) is 4.33. The first kappa shape index (κ1) is 32.7. The normalized spacial score (nSPS) is 18.9. The van der Waals surface area contributed by atoms with E-state index >= 15 is 0 Å². The fraction of sp³-hybridized carbons (Fsp3) is 0.146. The first-order valence-corrected chi connectivity index (χ1v) is 18.5. The van der Waals surface area contributed by atoms with Gasteiger partial charge in [-0.2, -0.15) is 0 Å². The van der Waals surface area contributed by atoms with E-state index in [0.717, 1.165) is 28.1 Å². The van der Waals surface area contributed by atoms with Crippen molar-refractivity contribution in [2.75, 3.05) is 4.90 Å². The Morgan fingerprint density at radius 2 is 1.11 bits per heavy atom. The van der Waals surface area contributed by atoms with Crippen LogP contribution in [0.4, 0.5) is 5.69 Å². The van der Waals surface area contributed by atoms with Crippen LogP contribution in [0, 0.1) is 11.8 Å². The topological polar surface area (TPSA) is 76.2 Å². The fourth-order valence-electron chi connectivity index (χ4n) is 8.28. The molecule has 2 aliphatic heterocycles. The largest absolute Gasteiger partial charge is 0.457 e. The predicted octanol–water partition coefficient (Wildman–Crippen LogP) is 10.4. The molecule has 0 N–H and O–H groups in total. The van der Waals surface area contributed by atoms with Crippen LogP contribution in [-0.2, 0) is 5.41 Å². The summed E-state index contributed by atoms with van der Waals surface area (Å²) in [5, 5.41) is 0. The van der Waals surface area contributed by atoms with Crippen molar-refractivity contribution in [3.8, 4) is 23.0 Å². The highest BCUT2D eigenvalue weighted by atomic mass is 16.5. The number of carbonyl (C=O) groups excluding carboxylic acids is 3. The minimum atomic E-state index is -0.368. The lowest BCUT2D eigenvalue weighted by Crippen LogP contribution is -2.29. The van der Waals surface area contributed by atoms with Crippen molar-refractivity contribution in [1.29, 1.82) is 0 Å². The molecule has 7 nitrogen and oxygen atoms in total. The van der Waals surface area contributed by atoms with Crippen LogP contribution >= 0.6 is 0 Å². The Bertz CT molecular complexity index is 2640. The molecule has 0 bridgehead atoms. The van der Waals surface area contributed by atoms with Crippen molar-refractivity contribution >= 4 is 29.1 Å². The lowest BCUT2D eigenvalue weighted by molar-refractivity contribution is 0.0881. The zero-order valence-corrected chi connectivity index (χ0v) is 30.2. The van der Waals surface area contributed by atoms with Crippen LogP contribution in [0.15, 0.2) is 156 Å². The first-order valence-electron chi connectivity index (χ1n) is 18.5. The number of benzene rings is 5. The van der Waals surface area contributed by atoms with E-state index in [4.69, 9.17) is 9.47 Å². The number of carbonyl (C=O) groups is 3. The highest BCUT2D eigenvalue weighted by Crippen LogP contribution is 2.65. The van der Waals surface area contributed by atoms with E-state index in [1.165, 1.54) is 23.3 Å². The van der Waals surface area contributed by atoms with Crippen molar-refractivity contribution < 1.29 is 23.9 Å². The number of allylic oxidation sites excluding steroid dienone is 4. The standard InChI is InChI=1S/C48H34N2O5/c1-48(2,30-15-19-34(20-16-30)55-36-22-24-40-42(28-36)47(53)50(45(40)51)32-11-7-4-8-12-32)29-13-17-33(18-14-29)54-35-21-23-39-41(27-35)46(52)49(31-9-5-3-6-10-31)44(39)43-37-25-26-38(37)43/h4-5,7-24,27-28,37-38H,25-26H2,1-2H3. The van der Waals surface area contributed by atoms with E-state index in [0.29, 0.717) is 57.2 Å². The molecule has 0 saturated heterocycles. The SMILES string of the molecule is CC(C)(c1ccc(Oc2ccc3c(c2)C(=O)N(C2=CC=C=C=C2)C3=C2C3CCC23)cc1)c1ccc(Oc2ccc3c(c2)C(=O)N(c2ccccc2)C3=O)cc1. The number of anilines is 1. The van der Waals surface area contributed by atoms with Crippen LogP contribution < -0.4 is 14.4 Å². The van der Waals surface area contributed by atoms with Gasteiger partial charge in [-0.1, -0.05) is 67.8 Å². The van der Waals surface area contributed by atoms with Gasteiger partial charge in [0.05, 0.1) is 33.8 Å². The average molecular weight is 719 g/mol. The van der Waals surface area contributed by atoms with Crippen LogP contribution in [0.25, 0.3) is 5.70 Å². The number of fused-ring (bicyclic) bond motifs is 3. The number of imide groups is 1. The Morgan fingerprint density at radius 3 is 1.67 bits per heavy atom. The van der Waals surface area contributed by atoms with Gasteiger partial charge in [0, 0.05) is 17.1 Å². The molecule has 7 heteroatoms. The quantitative estimate of drug-likeness (QED) is 0.118. The monoisotopic (exact) mass is 718 g/mol. The summed E-state index contributed by atoms with van der Waals surface area (Å²) >= 11 is 0. The first-order chi connectivity index (χ1) is 26.8. The zero-order chi connectivity index (χ0) is 37.4. The summed E-state index contributed by atoms with van der Waals surface area (Å²) in [4.78, 5) is 43.1. The lowest BCUT2D eigenvalue weighted by Gasteiger charge is -2.26. The van der Waals surface area contributed by atoms with Gasteiger partial charge in [0.1, 0.15) is 23.0 Å². The molecule has 5 aromatic carbocycles. The summed E-state index contributed by atoms with van der Waals surface area (Å²) in [7, 11) is 0. The average Bonchev–Trinajstić information content (AvgIpc) is 3.46. The Balaban J connectivity index is 0.832. The molecule has 55 heavy (non-hydrogen) atoms. The summed E-state index contributed by atoms with van der Waals surface area (Å²) in [5.41, 5.74) is 13.9. The van der Waals surface area contributed by atoms with Crippen LogP contribution in [0.1, 0.15) is 74.5 Å². The van der Waals surface area contributed by atoms with E-state index < -0.39 is 0 Å². The Morgan fingerprint density at radius 1 is 0.582 bits per heavy atom. The summed E-state index contributed by atoms with van der Waals surface area (Å²) < 4.78 is 12.5. The van der Waals surface area contributed by atoms with Gasteiger partial charge in [-0.05, 0) is 126 Å². The fourth-order valence-corrected chi connectivity index (χ4v) is 8.28. The molecule has 266 valence electrons. The third-order valence-electron chi connectivity index (χ3n) is 11.5. The van der Waals surface area contributed by atoms with Gasteiger partial charge in [0.2, 0.25) is 0 Å². The van der Waals surface area contributed by atoms with E-state index in [1.54, 1.807) is 48.5 Å². The van der Waals surface area contributed by atoms with E-state index in [1.807, 2.05) is 77.7 Å². The van der Waals surface area contributed by atoms with E-state index in [9.17, 15) is 14.4 Å². The number of hydrogen-bond donors (Lipinski definition) is 0. The number of ether oxygens (including phenoxy) is 2. The molecular weight excluding hydrogens is 685 g/mol. The molecule has 2 unspecified atom stereocenters. The van der Waals surface area contributed by atoms with Crippen molar-refractivity contribution in [1.82, 2.24) is 4.90 Å². The molecule has 2 heterocycles. The molecule has 2 atom stereocenters. The molecule has 0 spiro atoms. The molecule has 5 aliphatic rings. The Labute approximate surface area is 318 Å². The second-order valence-electron chi connectivity index (χ2n) is 15.0. The molecule has 3 amide bonds. The van der Waals surface area contributed by atoms with Crippen molar-refractivity contribution in [3.63, 3.8) is 0 Å². The number of rotatable bonds is 8. The predicted molar refractivity (Wildman–Crippen MR) is 209 cm³/mol. The Hall–Kier alpha value is -6.91. The molecule has 0 aromatic heterocycles. The third-order valence-corrected chi connectivity index (χ3v) is 11.5. The van der Waals surface area contributed by atoms with Crippen LogP contribution in [0.5, 0.6) is 23.0 Å². The van der Waals surface area contributed by atoms with Gasteiger partial charge in [0.25, 0.3) is 17.7 Å². The van der Waals surface area contributed by atoms with E-state index in [2.05, 4.69) is 37.4 Å². The molecule has 5 aromatic rings. The minimum absolute atomic E-state index is 0.0450. The second kappa shape index (κ2) is 12.3.